The summed E-state index contributed by atoms with van der Waals surface area (Å²) in [6.07, 6.45) is 1.52. The lowest BCUT2D eigenvalue weighted by Crippen LogP contribution is -1.96. The summed E-state index contributed by atoms with van der Waals surface area (Å²) in [5, 5.41) is 5.50. The minimum atomic E-state index is 0.495. The fraction of sp³-hybridized carbons (Fsp3) is 0.200. The summed E-state index contributed by atoms with van der Waals surface area (Å²) in [6, 6.07) is 5.79. The summed E-state index contributed by atoms with van der Waals surface area (Å²) < 4.78 is 1.71. The van der Waals surface area contributed by atoms with Crippen LogP contribution in [0.15, 0.2) is 34.6 Å². The summed E-state index contributed by atoms with van der Waals surface area (Å²) in [5.74, 6) is 0. The molecule has 1 aromatic heterocycles. The Morgan fingerprint density at radius 3 is 2.88 bits per heavy atom. The lowest BCUT2D eigenvalue weighted by Gasteiger charge is -2.04. The first-order valence-electron chi connectivity index (χ1n) is 4.71. The smallest absolute Gasteiger partial charge is 0.190 e. The number of hydrogen-bond acceptors (Lipinski definition) is 4. The molecule has 0 aliphatic carbocycles. The van der Waals surface area contributed by atoms with E-state index < -0.39 is 0 Å². The van der Waals surface area contributed by atoms with E-state index in [9.17, 15) is 0 Å². The van der Waals surface area contributed by atoms with Gasteiger partial charge in [-0.2, -0.15) is 5.10 Å². The molecule has 0 spiro atoms. The molecule has 16 heavy (non-hydrogen) atoms. The summed E-state index contributed by atoms with van der Waals surface area (Å²) in [7, 11) is 1.84. The van der Waals surface area contributed by atoms with Crippen molar-refractivity contribution in [2.24, 2.45) is 12.8 Å². The standard InChI is InChI=1S/C10H11ClN4S/c1-15-10(13-6-14-15)16-9-3-2-7(5-12)4-8(9)11/h2-4,6H,5,12H2,1H3. The van der Waals surface area contributed by atoms with E-state index in [0.717, 1.165) is 15.6 Å². The zero-order valence-electron chi connectivity index (χ0n) is 8.72. The molecule has 0 unspecified atom stereocenters. The Labute approximate surface area is 103 Å². The van der Waals surface area contributed by atoms with Gasteiger partial charge in [0.2, 0.25) is 0 Å². The molecule has 4 nitrogen and oxygen atoms in total. The Kier molecular flexibility index (Phi) is 3.48. The second-order valence-electron chi connectivity index (χ2n) is 3.24. The van der Waals surface area contributed by atoms with E-state index in [4.69, 9.17) is 17.3 Å². The van der Waals surface area contributed by atoms with Gasteiger partial charge in [0.1, 0.15) is 6.33 Å². The largest absolute Gasteiger partial charge is 0.326 e. The van der Waals surface area contributed by atoms with Gasteiger partial charge in [-0.1, -0.05) is 17.7 Å². The van der Waals surface area contributed by atoms with Gasteiger partial charge in [-0.15, -0.1) is 0 Å². The summed E-state index contributed by atoms with van der Waals surface area (Å²) in [6.45, 7) is 0.495. The average molecular weight is 255 g/mol. The van der Waals surface area contributed by atoms with Crippen LogP contribution < -0.4 is 5.73 Å². The van der Waals surface area contributed by atoms with Gasteiger partial charge in [0, 0.05) is 18.5 Å². The van der Waals surface area contributed by atoms with Crippen molar-refractivity contribution in [3.05, 3.63) is 35.1 Å². The fourth-order valence-electron chi connectivity index (χ4n) is 1.23. The Bertz CT molecular complexity index is 497. The van der Waals surface area contributed by atoms with Crippen LogP contribution in [0.2, 0.25) is 5.02 Å². The molecule has 2 rings (SSSR count). The molecule has 0 aliphatic rings. The number of nitrogens with zero attached hydrogens (tertiary/aromatic N) is 3. The van der Waals surface area contributed by atoms with E-state index in [2.05, 4.69) is 10.1 Å². The molecule has 2 aromatic rings. The van der Waals surface area contributed by atoms with Gasteiger partial charge >= 0.3 is 0 Å². The third-order valence-corrected chi connectivity index (χ3v) is 3.66. The van der Waals surface area contributed by atoms with E-state index in [1.54, 1.807) is 4.68 Å². The van der Waals surface area contributed by atoms with Crippen molar-refractivity contribution in [2.75, 3.05) is 0 Å². The molecule has 0 radical (unpaired) electrons. The van der Waals surface area contributed by atoms with Gasteiger partial charge in [-0.05, 0) is 29.5 Å². The zero-order chi connectivity index (χ0) is 11.5. The third kappa shape index (κ3) is 2.37. The van der Waals surface area contributed by atoms with Gasteiger partial charge in [-0.3, -0.25) is 0 Å². The van der Waals surface area contributed by atoms with Crippen LogP contribution in [-0.2, 0) is 13.6 Å². The Balaban J connectivity index is 2.25. The van der Waals surface area contributed by atoms with Crippen molar-refractivity contribution in [1.82, 2.24) is 14.8 Å². The number of nitrogens with two attached hydrogens (primary N) is 1. The van der Waals surface area contributed by atoms with Crippen molar-refractivity contribution >= 4 is 23.4 Å². The molecule has 0 saturated carbocycles. The van der Waals surface area contributed by atoms with E-state index in [1.807, 2.05) is 25.2 Å². The first kappa shape index (κ1) is 11.4. The molecule has 6 heteroatoms. The molecule has 0 atom stereocenters. The minimum absolute atomic E-state index is 0.495. The van der Waals surface area contributed by atoms with Crippen molar-refractivity contribution in [3.63, 3.8) is 0 Å². The average Bonchev–Trinajstić information content (AvgIpc) is 2.67. The molecule has 84 valence electrons. The van der Waals surface area contributed by atoms with E-state index in [-0.39, 0.29) is 0 Å². The maximum Gasteiger partial charge on any atom is 0.190 e. The van der Waals surface area contributed by atoms with Crippen LogP contribution in [0.5, 0.6) is 0 Å². The highest BCUT2D eigenvalue weighted by Crippen LogP contribution is 2.32. The molecule has 1 heterocycles. The first-order chi connectivity index (χ1) is 7.70. The van der Waals surface area contributed by atoms with Crippen LogP contribution in [0.3, 0.4) is 0 Å². The minimum Gasteiger partial charge on any atom is -0.326 e. The lowest BCUT2D eigenvalue weighted by molar-refractivity contribution is 0.685. The Morgan fingerprint density at radius 1 is 1.50 bits per heavy atom. The normalized spacial score (nSPS) is 10.7. The molecule has 0 aliphatic heterocycles. The van der Waals surface area contributed by atoms with Crippen molar-refractivity contribution < 1.29 is 0 Å². The SMILES string of the molecule is Cn1ncnc1Sc1ccc(CN)cc1Cl. The molecule has 0 fully saturated rings. The fourth-order valence-corrected chi connectivity index (χ4v) is 2.32. The van der Waals surface area contributed by atoms with Crippen LogP contribution in [-0.4, -0.2) is 14.8 Å². The third-order valence-electron chi connectivity index (χ3n) is 2.10. The molecule has 1 aromatic carbocycles. The van der Waals surface area contributed by atoms with Crippen LogP contribution in [0.1, 0.15) is 5.56 Å². The van der Waals surface area contributed by atoms with Crippen LogP contribution in [0.25, 0.3) is 0 Å². The van der Waals surface area contributed by atoms with E-state index in [1.165, 1.54) is 18.1 Å². The highest BCUT2D eigenvalue weighted by molar-refractivity contribution is 7.99. The number of hydrogen-bond donors (Lipinski definition) is 1. The van der Waals surface area contributed by atoms with Crippen LogP contribution >= 0.6 is 23.4 Å². The number of halogens is 1. The van der Waals surface area contributed by atoms with Gasteiger partial charge < -0.3 is 5.73 Å². The van der Waals surface area contributed by atoms with Gasteiger partial charge in [0.05, 0.1) is 5.02 Å². The Hall–Kier alpha value is -1.04. The molecular weight excluding hydrogens is 244 g/mol. The number of benzene rings is 1. The van der Waals surface area contributed by atoms with E-state index >= 15 is 0 Å². The second kappa shape index (κ2) is 4.86. The molecule has 0 amide bonds. The predicted molar refractivity (Wildman–Crippen MR) is 64.5 cm³/mol. The molecule has 0 saturated heterocycles. The highest BCUT2D eigenvalue weighted by atomic mass is 35.5. The summed E-state index contributed by atoms with van der Waals surface area (Å²) in [5.41, 5.74) is 6.56. The highest BCUT2D eigenvalue weighted by Gasteiger charge is 2.07. The number of aryl methyl sites for hydroxylation is 1. The maximum atomic E-state index is 6.14. The maximum absolute atomic E-state index is 6.14. The van der Waals surface area contributed by atoms with Crippen LogP contribution in [0, 0.1) is 0 Å². The first-order valence-corrected chi connectivity index (χ1v) is 5.90. The monoisotopic (exact) mass is 254 g/mol. The van der Waals surface area contributed by atoms with E-state index in [0.29, 0.717) is 11.6 Å². The second-order valence-corrected chi connectivity index (χ2v) is 4.65. The Morgan fingerprint density at radius 2 is 2.31 bits per heavy atom. The quantitative estimate of drug-likeness (QED) is 0.911. The van der Waals surface area contributed by atoms with Crippen molar-refractivity contribution in [3.8, 4) is 0 Å². The van der Waals surface area contributed by atoms with Gasteiger partial charge in [-0.25, -0.2) is 9.67 Å². The lowest BCUT2D eigenvalue weighted by atomic mass is 10.2. The van der Waals surface area contributed by atoms with Crippen molar-refractivity contribution in [1.29, 1.82) is 0 Å². The zero-order valence-corrected chi connectivity index (χ0v) is 10.3. The topological polar surface area (TPSA) is 56.7 Å². The number of aromatic nitrogens is 3. The predicted octanol–water partition coefficient (Wildman–Crippen LogP) is 2.08. The number of rotatable bonds is 3. The molecule has 0 bridgehead atoms. The molecular formula is C10H11ClN4S. The van der Waals surface area contributed by atoms with Gasteiger partial charge in [0.15, 0.2) is 5.16 Å². The molecule has 2 N–H and O–H groups in total. The van der Waals surface area contributed by atoms with Gasteiger partial charge in [0.25, 0.3) is 0 Å². The van der Waals surface area contributed by atoms with Crippen LogP contribution in [0.4, 0.5) is 0 Å². The summed E-state index contributed by atoms with van der Waals surface area (Å²) >= 11 is 7.63. The summed E-state index contributed by atoms with van der Waals surface area (Å²) in [4.78, 5) is 5.08. The van der Waals surface area contributed by atoms with Crippen molar-refractivity contribution in [2.45, 2.75) is 16.6 Å².